The van der Waals surface area contributed by atoms with E-state index in [1.165, 1.54) is 19.3 Å². The Hall–Kier alpha value is -1.22. The van der Waals surface area contributed by atoms with Gasteiger partial charge in [0.1, 0.15) is 11.5 Å². The number of methoxy groups -OCH3 is 2. The van der Waals surface area contributed by atoms with Crippen LogP contribution in [0.5, 0.6) is 11.5 Å². The molecule has 2 rings (SSSR count). The molecule has 0 heterocycles. The number of rotatable bonds is 6. The van der Waals surface area contributed by atoms with Crippen molar-refractivity contribution in [2.45, 2.75) is 32.7 Å². The SMILES string of the molecule is COc1ccc(OC)c(CNCC2CCCC2C)c1. The molecule has 1 aliphatic rings. The molecule has 0 bridgehead atoms. The highest BCUT2D eigenvalue weighted by Gasteiger charge is 2.22. The quantitative estimate of drug-likeness (QED) is 0.854. The molecule has 1 fully saturated rings. The molecule has 2 unspecified atom stereocenters. The Balaban J connectivity index is 1.90. The van der Waals surface area contributed by atoms with Crippen LogP contribution in [0.25, 0.3) is 0 Å². The standard InChI is InChI=1S/C16H25NO2/c1-12-5-4-6-13(12)10-17-11-14-9-15(18-2)7-8-16(14)19-3/h7-9,12-13,17H,4-6,10-11H2,1-3H3. The van der Waals surface area contributed by atoms with Gasteiger partial charge in [0.25, 0.3) is 0 Å². The van der Waals surface area contributed by atoms with Gasteiger partial charge in [-0.2, -0.15) is 0 Å². The summed E-state index contributed by atoms with van der Waals surface area (Å²) in [6, 6.07) is 5.94. The smallest absolute Gasteiger partial charge is 0.123 e. The lowest BCUT2D eigenvalue weighted by atomic mass is 9.98. The molecule has 0 radical (unpaired) electrons. The van der Waals surface area contributed by atoms with Gasteiger partial charge in [0, 0.05) is 12.1 Å². The lowest BCUT2D eigenvalue weighted by Crippen LogP contribution is -2.24. The van der Waals surface area contributed by atoms with Gasteiger partial charge in [-0.15, -0.1) is 0 Å². The predicted molar refractivity (Wildman–Crippen MR) is 77.8 cm³/mol. The lowest BCUT2D eigenvalue weighted by molar-refractivity contribution is 0.381. The third-order valence-electron chi connectivity index (χ3n) is 4.25. The molecule has 2 atom stereocenters. The molecule has 1 aromatic carbocycles. The second-order valence-corrected chi connectivity index (χ2v) is 5.48. The van der Waals surface area contributed by atoms with Crippen LogP contribution in [0.2, 0.25) is 0 Å². The highest BCUT2D eigenvalue weighted by Crippen LogP contribution is 2.30. The topological polar surface area (TPSA) is 30.5 Å². The van der Waals surface area contributed by atoms with E-state index in [0.29, 0.717) is 0 Å². The largest absolute Gasteiger partial charge is 0.497 e. The summed E-state index contributed by atoms with van der Waals surface area (Å²) >= 11 is 0. The molecule has 1 saturated carbocycles. The van der Waals surface area contributed by atoms with E-state index in [9.17, 15) is 0 Å². The Morgan fingerprint density at radius 2 is 2.05 bits per heavy atom. The van der Waals surface area contributed by atoms with Crippen LogP contribution in [0.1, 0.15) is 31.7 Å². The van der Waals surface area contributed by atoms with Crippen molar-refractivity contribution >= 4 is 0 Å². The van der Waals surface area contributed by atoms with Gasteiger partial charge < -0.3 is 14.8 Å². The Morgan fingerprint density at radius 1 is 1.21 bits per heavy atom. The maximum absolute atomic E-state index is 5.39. The lowest BCUT2D eigenvalue weighted by Gasteiger charge is -2.17. The summed E-state index contributed by atoms with van der Waals surface area (Å²) in [7, 11) is 3.41. The van der Waals surface area contributed by atoms with Crippen molar-refractivity contribution in [3.63, 3.8) is 0 Å². The minimum absolute atomic E-state index is 0.830. The molecular weight excluding hydrogens is 238 g/mol. The van der Waals surface area contributed by atoms with Crippen LogP contribution < -0.4 is 14.8 Å². The summed E-state index contributed by atoms with van der Waals surface area (Å²) in [6.07, 6.45) is 4.13. The number of benzene rings is 1. The molecule has 0 aromatic heterocycles. The zero-order valence-corrected chi connectivity index (χ0v) is 12.2. The van der Waals surface area contributed by atoms with Crippen LogP contribution >= 0.6 is 0 Å². The zero-order chi connectivity index (χ0) is 13.7. The third-order valence-corrected chi connectivity index (χ3v) is 4.25. The van der Waals surface area contributed by atoms with Gasteiger partial charge in [-0.1, -0.05) is 19.8 Å². The molecule has 1 aliphatic carbocycles. The van der Waals surface area contributed by atoms with Crippen molar-refractivity contribution in [1.29, 1.82) is 0 Å². The van der Waals surface area contributed by atoms with Gasteiger partial charge in [-0.25, -0.2) is 0 Å². The first kappa shape index (κ1) is 14.2. The molecule has 106 valence electrons. The van der Waals surface area contributed by atoms with E-state index in [1.807, 2.05) is 18.2 Å². The number of nitrogens with one attached hydrogen (secondary N) is 1. The van der Waals surface area contributed by atoms with E-state index in [-0.39, 0.29) is 0 Å². The highest BCUT2D eigenvalue weighted by atomic mass is 16.5. The monoisotopic (exact) mass is 263 g/mol. The van der Waals surface area contributed by atoms with E-state index in [1.54, 1.807) is 14.2 Å². The first-order chi connectivity index (χ1) is 9.24. The summed E-state index contributed by atoms with van der Waals surface area (Å²) in [6.45, 7) is 4.30. The number of ether oxygens (including phenoxy) is 2. The van der Waals surface area contributed by atoms with Crippen molar-refractivity contribution in [2.24, 2.45) is 11.8 Å². The third kappa shape index (κ3) is 3.63. The Labute approximate surface area is 116 Å². The van der Waals surface area contributed by atoms with Crippen molar-refractivity contribution in [1.82, 2.24) is 5.32 Å². The second-order valence-electron chi connectivity index (χ2n) is 5.48. The predicted octanol–water partition coefficient (Wildman–Crippen LogP) is 3.23. The van der Waals surface area contributed by atoms with Crippen LogP contribution in [0.3, 0.4) is 0 Å². The normalized spacial score (nSPS) is 22.5. The van der Waals surface area contributed by atoms with E-state index >= 15 is 0 Å². The fraction of sp³-hybridized carbons (Fsp3) is 0.625. The van der Waals surface area contributed by atoms with Gasteiger partial charge in [-0.3, -0.25) is 0 Å². The van der Waals surface area contributed by atoms with E-state index < -0.39 is 0 Å². The molecule has 3 nitrogen and oxygen atoms in total. The molecule has 0 saturated heterocycles. The summed E-state index contributed by atoms with van der Waals surface area (Å²) in [4.78, 5) is 0. The molecular formula is C16H25NO2. The van der Waals surface area contributed by atoms with Crippen LogP contribution in [0, 0.1) is 11.8 Å². The minimum atomic E-state index is 0.830. The molecule has 0 amide bonds. The minimum Gasteiger partial charge on any atom is -0.497 e. The highest BCUT2D eigenvalue weighted by molar-refractivity contribution is 5.40. The average molecular weight is 263 g/mol. The van der Waals surface area contributed by atoms with Gasteiger partial charge in [0.2, 0.25) is 0 Å². The summed E-state index contributed by atoms with van der Waals surface area (Å²) in [5.74, 6) is 3.50. The molecule has 1 N–H and O–H groups in total. The zero-order valence-electron chi connectivity index (χ0n) is 12.2. The first-order valence-corrected chi connectivity index (χ1v) is 7.16. The second kappa shape index (κ2) is 6.80. The van der Waals surface area contributed by atoms with Crippen LogP contribution in [-0.2, 0) is 6.54 Å². The Bertz CT molecular complexity index is 406. The van der Waals surface area contributed by atoms with Gasteiger partial charge in [0.05, 0.1) is 14.2 Å². The maximum atomic E-state index is 5.39. The van der Waals surface area contributed by atoms with E-state index in [4.69, 9.17) is 9.47 Å². The van der Waals surface area contributed by atoms with Crippen molar-refractivity contribution in [2.75, 3.05) is 20.8 Å². The van der Waals surface area contributed by atoms with E-state index in [0.717, 1.165) is 42.0 Å². The van der Waals surface area contributed by atoms with Gasteiger partial charge in [-0.05, 0) is 43.0 Å². The maximum Gasteiger partial charge on any atom is 0.123 e. The Morgan fingerprint density at radius 3 is 2.68 bits per heavy atom. The Kier molecular flexibility index (Phi) is 5.08. The van der Waals surface area contributed by atoms with Crippen LogP contribution in [0.4, 0.5) is 0 Å². The molecule has 1 aromatic rings. The van der Waals surface area contributed by atoms with Crippen molar-refractivity contribution in [3.8, 4) is 11.5 Å². The van der Waals surface area contributed by atoms with Crippen molar-refractivity contribution in [3.05, 3.63) is 23.8 Å². The molecule has 0 spiro atoms. The summed E-state index contributed by atoms with van der Waals surface area (Å²) in [5.41, 5.74) is 1.16. The fourth-order valence-corrected chi connectivity index (χ4v) is 2.94. The van der Waals surface area contributed by atoms with Crippen LogP contribution in [0.15, 0.2) is 18.2 Å². The summed E-state index contributed by atoms with van der Waals surface area (Å²) in [5, 5.41) is 3.56. The average Bonchev–Trinajstić information content (AvgIpc) is 2.84. The molecule has 0 aliphatic heterocycles. The number of hydrogen-bond acceptors (Lipinski definition) is 3. The molecule has 19 heavy (non-hydrogen) atoms. The van der Waals surface area contributed by atoms with Gasteiger partial charge >= 0.3 is 0 Å². The first-order valence-electron chi connectivity index (χ1n) is 7.16. The van der Waals surface area contributed by atoms with Gasteiger partial charge in [0.15, 0.2) is 0 Å². The summed E-state index contributed by atoms with van der Waals surface area (Å²) < 4.78 is 10.7. The van der Waals surface area contributed by atoms with Crippen molar-refractivity contribution < 1.29 is 9.47 Å². The number of hydrogen-bond donors (Lipinski definition) is 1. The fourth-order valence-electron chi connectivity index (χ4n) is 2.94. The molecule has 3 heteroatoms. The van der Waals surface area contributed by atoms with E-state index in [2.05, 4.69) is 12.2 Å². The van der Waals surface area contributed by atoms with Crippen LogP contribution in [-0.4, -0.2) is 20.8 Å².